The SMILES string of the molecule is O=C(Cc1csc(SCc2cccc(Cl)c2)n1)NCC1CCCO1. The lowest BCUT2D eigenvalue weighted by Crippen LogP contribution is -2.32. The maximum atomic E-state index is 12.0. The van der Waals surface area contributed by atoms with Gasteiger partial charge in [-0.25, -0.2) is 4.98 Å². The van der Waals surface area contributed by atoms with Gasteiger partial charge in [-0.3, -0.25) is 4.79 Å². The number of halogens is 1. The number of nitrogens with one attached hydrogen (secondary N) is 1. The molecule has 1 atom stereocenters. The third-order valence-electron chi connectivity index (χ3n) is 3.67. The maximum Gasteiger partial charge on any atom is 0.226 e. The van der Waals surface area contributed by atoms with E-state index in [2.05, 4.69) is 10.3 Å². The number of amides is 1. The van der Waals surface area contributed by atoms with Gasteiger partial charge in [0, 0.05) is 29.3 Å². The van der Waals surface area contributed by atoms with Crippen LogP contribution in [0.15, 0.2) is 34.0 Å². The van der Waals surface area contributed by atoms with Crippen LogP contribution in [-0.2, 0) is 21.7 Å². The number of thiazole rings is 1. The van der Waals surface area contributed by atoms with E-state index in [4.69, 9.17) is 16.3 Å². The first kappa shape index (κ1) is 17.7. The second kappa shape index (κ2) is 8.85. The van der Waals surface area contributed by atoms with Crippen molar-refractivity contribution in [2.24, 2.45) is 0 Å². The second-order valence-corrected chi connectivity index (χ2v) is 8.16. The number of benzene rings is 1. The van der Waals surface area contributed by atoms with Crippen molar-refractivity contribution in [3.8, 4) is 0 Å². The van der Waals surface area contributed by atoms with E-state index in [1.807, 2.05) is 29.6 Å². The highest BCUT2D eigenvalue weighted by Crippen LogP contribution is 2.27. The summed E-state index contributed by atoms with van der Waals surface area (Å²) in [6, 6.07) is 7.82. The predicted molar refractivity (Wildman–Crippen MR) is 98.8 cm³/mol. The van der Waals surface area contributed by atoms with Gasteiger partial charge in [-0.1, -0.05) is 35.5 Å². The Hall–Kier alpha value is -1.08. The number of aromatic nitrogens is 1. The monoisotopic (exact) mass is 382 g/mol. The summed E-state index contributed by atoms with van der Waals surface area (Å²) in [7, 11) is 0. The molecule has 3 rings (SSSR count). The number of hydrogen-bond acceptors (Lipinski definition) is 5. The summed E-state index contributed by atoms with van der Waals surface area (Å²) < 4.78 is 6.47. The van der Waals surface area contributed by atoms with Crippen molar-refractivity contribution in [2.75, 3.05) is 13.2 Å². The van der Waals surface area contributed by atoms with Crippen molar-refractivity contribution < 1.29 is 9.53 Å². The zero-order valence-corrected chi connectivity index (χ0v) is 15.6. The second-order valence-electron chi connectivity index (χ2n) is 5.64. The third kappa shape index (κ3) is 5.48. The van der Waals surface area contributed by atoms with E-state index >= 15 is 0 Å². The van der Waals surface area contributed by atoms with Crippen LogP contribution in [0.5, 0.6) is 0 Å². The van der Waals surface area contributed by atoms with Crippen LogP contribution in [0.3, 0.4) is 0 Å². The quantitative estimate of drug-likeness (QED) is 0.737. The maximum absolute atomic E-state index is 12.0. The van der Waals surface area contributed by atoms with Gasteiger partial charge < -0.3 is 10.1 Å². The highest BCUT2D eigenvalue weighted by Gasteiger charge is 2.16. The van der Waals surface area contributed by atoms with Crippen molar-refractivity contribution in [1.29, 1.82) is 0 Å². The van der Waals surface area contributed by atoms with Crippen LogP contribution in [0.1, 0.15) is 24.1 Å². The average molecular weight is 383 g/mol. The standard InChI is InChI=1S/C17H19ClN2O2S2/c18-13-4-1-3-12(7-13)10-23-17-20-14(11-24-17)8-16(21)19-9-15-5-2-6-22-15/h1,3-4,7,11,15H,2,5-6,8-10H2,(H,19,21). The van der Waals surface area contributed by atoms with Crippen LogP contribution in [0, 0.1) is 0 Å². The van der Waals surface area contributed by atoms with Crippen molar-refractivity contribution in [3.63, 3.8) is 0 Å². The van der Waals surface area contributed by atoms with Crippen LogP contribution in [0.4, 0.5) is 0 Å². The molecular formula is C17H19ClN2O2S2. The molecule has 1 aliphatic heterocycles. The van der Waals surface area contributed by atoms with Crippen molar-refractivity contribution in [2.45, 2.75) is 35.5 Å². The van der Waals surface area contributed by atoms with E-state index in [1.54, 1.807) is 23.1 Å². The Morgan fingerprint density at radius 3 is 3.21 bits per heavy atom. The molecule has 0 radical (unpaired) electrons. The zero-order valence-electron chi connectivity index (χ0n) is 13.2. The minimum absolute atomic E-state index is 0.00203. The fourth-order valence-electron chi connectivity index (χ4n) is 2.47. The summed E-state index contributed by atoms with van der Waals surface area (Å²) in [5.74, 6) is 0.820. The van der Waals surface area contributed by atoms with Gasteiger partial charge in [0.05, 0.1) is 18.2 Å². The summed E-state index contributed by atoms with van der Waals surface area (Å²) in [5.41, 5.74) is 1.98. The van der Waals surface area contributed by atoms with E-state index in [0.717, 1.165) is 40.3 Å². The minimum atomic E-state index is 0.00203. The Morgan fingerprint density at radius 2 is 2.42 bits per heavy atom. The Balaban J connectivity index is 1.43. The molecule has 2 aromatic rings. The summed E-state index contributed by atoms with van der Waals surface area (Å²) in [6.45, 7) is 1.40. The summed E-state index contributed by atoms with van der Waals surface area (Å²) in [4.78, 5) is 16.5. The first-order valence-electron chi connectivity index (χ1n) is 7.89. The Bertz CT molecular complexity index is 687. The third-order valence-corrected chi connectivity index (χ3v) is 6.05. The molecule has 1 fully saturated rings. The lowest BCUT2D eigenvalue weighted by molar-refractivity contribution is -0.121. The molecule has 1 saturated heterocycles. The van der Waals surface area contributed by atoms with Gasteiger partial charge in [0.2, 0.25) is 5.91 Å². The Kier molecular flexibility index (Phi) is 6.54. The number of ether oxygens (including phenoxy) is 1. The lowest BCUT2D eigenvalue weighted by Gasteiger charge is -2.09. The fourth-order valence-corrected chi connectivity index (χ4v) is 4.47. The largest absolute Gasteiger partial charge is 0.376 e. The molecule has 24 heavy (non-hydrogen) atoms. The minimum Gasteiger partial charge on any atom is -0.376 e. The van der Waals surface area contributed by atoms with Crippen molar-refractivity contribution in [3.05, 3.63) is 45.9 Å². The normalized spacial score (nSPS) is 17.1. The number of carbonyl (C=O) groups is 1. The van der Waals surface area contributed by atoms with Gasteiger partial charge in [-0.2, -0.15) is 0 Å². The van der Waals surface area contributed by atoms with Crippen molar-refractivity contribution in [1.82, 2.24) is 10.3 Å². The molecule has 7 heteroatoms. The summed E-state index contributed by atoms with van der Waals surface area (Å²) in [5, 5.41) is 5.62. The molecule has 128 valence electrons. The number of nitrogens with zero attached hydrogens (tertiary/aromatic N) is 1. The molecule has 0 saturated carbocycles. The molecule has 0 spiro atoms. The van der Waals surface area contributed by atoms with Gasteiger partial charge in [0.1, 0.15) is 4.34 Å². The van der Waals surface area contributed by atoms with E-state index in [1.165, 1.54) is 5.56 Å². The number of carbonyl (C=O) groups excluding carboxylic acids is 1. The molecule has 1 aromatic carbocycles. The number of rotatable bonds is 7. The molecule has 4 nitrogen and oxygen atoms in total. The highest BCUT2D eigenvalue weighted by molar-refractivity contribution is 8.00. The molecule has 1 amide bonds. The number of thioether (sulfide) groups is 1. The molecule has 0 aliphatic carbocycles. The van der Waals surface area contributed by atoms with Crippen LogP contribution in [0.25, 0.3) is 0 Å². The highest BCUT2D eigenvalue weighted by atomic mass is 35.5. The molecular weight excluding hydrogens is 364 g/mol. The Labute approximate surface area is 155 Å². The van der Waals surface area contributed by atoms with Crippen LogP contribution in [0.2, 0.25) is 5.02 Å². The number of hydrogen-bond donors (Lipinski definition) is 1. The molecule has 1 N–H and O–H groups in total. The van der Waals surface area contributed by atoms with E-state index in [0.29, 0.717) is 13.0 Å². The van der Waals surface area contributed by atoms with E-state index < -0.39 is 0 Å². The first-order chi connectivity index (χ1) is 11.7. The lowest BCUT2D eigenvalue weighted by atomic mass is 10.2. The van der Waals surface area contributed by atoms with Crippen LogP contribution >= 0.6 is 34.7 Å². The smallest absolute Gasteiger partial charge is 0.226 e. The summed E-state index contributed by atoms with van der Waals surface area (Å²) in [6.07, 6.45) is 2.61. The molecule has 1 aromatic heterocycles. The topological polar surface area (TPSA) is 51.2 Å². The Morgan fingerprint density at radius 1 is 1.50 bits per heavy atom. The first-order valence-corrected chi connectivity index (χ1v) is 10.1. The van der Waals surface area contributed by atoms with Gasteiger partial charge in [0.25, 0.3) is 0 Å². The van der Waals surface area contributed by atoms with Crippen LogP contribution < -0.4 is 5.32 Å². The molecule has 1 aliphatic rings. The summed E-state index contributed by atoms with van der Waals surface area (Å²) >= 11 is 9.22. The molecule has 2 heterocycles. The van der Waals surface area contributed by atoms with E-state index in [-0.39, 0.29) is 12.0 Å². The van der Waals surface area contributed by atoms with Gasteiger partial charge in [-0.15, -0.1) is 11.3 Å². The predicted octanol–water partition coefficient (Wildman–Crippen LogP) is 3.93. The van der Waals surface area contributed by atoms with Gasteiger partial charge in [0.15, 0.2) is 0 Å². The average Bonchev–Trinajstić information content (AvgIpc) is 3.23. The van der Waals surface area contributed by atoms with Gasteiger partial charge >= 0.3 is 0 Å². The molecule has 1 unspecified atom stereocenters. The van der Waals surface area contributed by atoms with Gasteiger partial charge in [-0.05, 0) is 30.5 Å². The van der Waals surface area contributed by atoms with E-state index in [9.17, 15) is 4.79 Å². The fraction of sp³-hybridized carbons (Fsp3) is 0.412. The molecule has 0 bridgehead atoms. The van der Waals surface area contributed by atoms with Crippen LogP contribution in [-0.4, -0.2) is 30.1 Å². The zero-order chi connectivity index (χ0) is 16.8. The van der Waals surface area contributed by atoms with Crippen molar-refractivity contribution >= 4 is 40.6 Å².